The molecule has 0 saturated heterocycles. The van der Waals surface area contributed by atoms with Crippen molar-refractivity contribution in [2.75, 3.05) is 31.7 Å². The SMILES string of the molecule is CCCCCC(C)(OCC)C(=O)Nc1ccc(OCCOCC)nc1. The maximum atomic E-state index is 12.6. The van der Waals surface area contributed by atoms with Crippen LogP contribution in [0.4, 0.5) is 5.69 Å². The number of hydrogen-bond acceptors (Lipinski definition) is 5. The van der Waals surface area contributed by atoms with E-state index in [1.165, 1.54) is 0 Å². The maximum absolute atomic E-state index is 12.6. The standard InChI is InChI=1S/C19H32N2O4/c1-5-8-9-12-19(4,25-7-3)18(22)21-16-10-11-17(20-15-16)24-14-13-23-6-2/h10-11,15H,5-9,12-14H2,1-4H3,(H,21,22). The lowest BCUT2D eigenvalue weighted by atomic mass is 9.96. The largest absolute Gasteiger partial charge is 0.475 e. The molecule has 0 saturated carbocycles. The molecule has 1 aromatic rings. The van der Waals surface area contributed by atoms with Crippen LogP contribution in [0.2, 0.25) is 0 Å². The van der Waals surface area contributed by atoms with Crippen LogP contribution >= 0.6 is 0 Å². The molecular formula is C19H32N2O4. The molecule has 1 rings (SSSR count). The van der Waals surface area contributed by atoms with Crippen LogP contribution in [-0.4, -0.2) is 42.9 Å². The highest BCUT2D eigenvalue weighted by Crippen LogP contribution is 2.22. The number of hydrogen-bond donors (Lipinski definition) is 1. The molecule has 1 unspecified atom stereocenters. The van der Waals surface area contributed by atoms with E-state index in [1.54, 1.807) is 18.3 Å². The van der Waals surface area contributed by atoms with Gasteiger partial charge in [-0.15, -0.1) is 0 Å². The first-order chi connectivity index (χ1) is 12.1. The van der Waals surface area contributed by atoms with Gasteiger partial charge in [-0.25, -0.2) is 4.98 Å². The van der Waals surface area contributed by atoms with Crippen LogP contribution < -0.4 is 10.1 Å². The molecule has 0 bridgehead atoms. The first-order valence-electron chi connectivity index (χ1n) is 9.17. The summed E-state index contributed by atoms with van der Waals surface area (Å²) in [5.74, 6) is 0.366. The van der Waals surface area contributed by atoms with Crippen LogP contribution in [0.1, 0.15) is 53.4 Å². The minimum Gasteiger partial charge on any atom is -0.475 e. The maximum Gasteiger partial charge on any atom is 0.256 e. The summed E-state index contributed by atoms with van der Waals surface area (Å²) in [5.41, 5.74) is -0.195. The molecule has 25 heavy (non-hydrogen) atoms. The highest BCUT2D eigenvalue weighted by atomic mass is 16.5. The molecule has 0 aromatic carbocycles. The summed E-state index contributed by atoms with van der Waals surface area (Å²) in [6.45, 7) is 9.98. The first kappa shape index (κ1) is 21.4. The number of carbonyl (C=O) groups is 1. The smallest absolute Gasteiger partial charge is 0.256 e. The molecular weight excluding hydrogens is 320 g/mol. The van der Waals surface area contributed by atoms with Gasteiger partial charge in [0.2, 0.25) is 5.88 Å². The Morgan fingerprint density at radius 2 is 1.96 bits per heavy atom. The molecule has 1 amide bonds. The number of ether oxygens (including phenoxy) is 3. The molecule has 6 heteroatoms. The molecule has 142 valence electrons. The van der Waals surface area contributed by atoms with Gasteiger partial charge in [0.15, 0.2) is 0 Å². The summed E-state index contributed by atoms with van der Waals surface area (Å²) < 4.78 is 16.4. The molecule has 6 nitrogen and oxygen atoms in total. The fourth-order valence-electron chi connectivity index (χ4n) is 2.43. The summed E-state index contributed by atoms with van der Waals surface area (Å²) in [7, 11) is 0. The van der Waals surface area contributed by atoms with Gasteiger partial charge in [-0.1, -0.05) is 26.2 Å². The Morgan fingerprint density at radius 1 is 1.16 bits per heavy atom. The zero-order chi connectivity index (χ0) is 18.5. The van der Waals surface area contributed by atoms with Crippen molar-refractivity contribution >= 4 is 11.6 Å². The van der Waals surface area contributed by atoms with E-state index in [9.17, 15) is 4.79 Å². The zero-order valence-electron chi connectivity index (χ0n) is 16.0. The van der Waals surface area contributed by atoms with Crippen molar-refractivity contribution in [2.45, 2.75) is 59.0 Å². The highest BCUT2D eigenvalue weighted by Gasteiger charge is 2.33. The Bertz CT molecular complexity index is 493. The number of rotatable bonds is 13. The van der Waals surface area contributed by atoms with Crippen molar-refractivity contribution in [2.24, 2.45) is 0 Å². The zero-order valence-corrected chi connectivity index (χ0v) is 16.0. The number of aromatic nitrogens is 1. The third kappa shape index (κ3) is 7.84. The van der Waals surface area contributed by atoms with Crippen LogP contribution in [0.5, 0.6) is 5.88 Å². The predicted molar refractivity (Wildman–Crippen MR) is 99.0 cm³/mol. The normalized spacial score (nSPS) is 13.3. The number of carbonyl (C=O) groups excluding carboxylic acids is 1. The van der Waals surface area contributed by atoms with E-state index in [0.717, 1.165) is 19.3 Å². The van der Waals surface area contributed by atoms with Crippen LogP contribution in [0.15, 0.2) is 18.3 Å². The van der Waals surface area contributed by atoms with Gasteiger partial charge in [-0.05, 0) is 33.3 Å². The number of amides is 1. The van der Waals surface area contributed by atoms with Gasteiger partial charge >= 0.3 is 0 Å². The van der Waals surface area contributed by atoms with Gasteiger partial charge in [0, 0.05) is 19.3 Å². The second-order valence-electron chi connectivity index (χ2n) is 6.01. The van der Waals surface area contributed by atoms with Crippen LogP contribution in [0.3, 0.4) is 0 Å². The number of unbranched alkanes of at least 4 members (excludes halogenated alkanes) is 2. The summed E-state index contributed by atoms with van der Waals surface area (Å²) in [6, 6.07) is 3.51. The van der Waals surface area contributed by atoms with Gasteiger partial charge in [0.25, 0.3) is 5.91 Å². The van der Waals surface area contributed by atoms with Gasteiger partial charge in [0.1, 0.15) is 12.2 Å². The minimum atomic E-state index is -0.823. The Balaban J connectivity index is 2.58. The molecule has 0 radical (unpaired) electrons. The monoisotopic (exact) mass is 352 g/mol. The topological polar surface area (TPSA) is 69.7 Å². The van der Waals surface area contributed by atoms with E-state index in [1.807, 2.05) is 20.8 Å². The van der Waals surface area contributed by atoms with E-state index in [4.69, 9.17) is 14.2 Å². The third-order valence-electron chi connectivity index (χ3n) is 3.88. The Morgan fingerprint density at radius 3 is 2.56 bits per heavy atom. The molecule has 0 spiro atoms. The third-order valence-corrected chi connectivity index (χ3v) is 3.88. The van der Waals surface area contributed by atoms with Crippen LogP contribution in [0.25, 0.3) is 0 Å². The number of pyridine rings is 1. The van der Waals surface area contributed by atoms with E-state index < -0.39 is 5.60 Å². The average Bonchev–Trinajstić information content (AvgIpc) is 2.60. The number of nitrogens with one attached hydrogen (secondary N) is 1. The number of nitrogens with zero attached hydrogens (tertiary/aromatic N) is 1. The lowest BCUT2D eigenvalue weighted by molar-refractivity contribution is -0.139. The Labute approximate surface area is 151 Å². The molecule has 1 heterocycles. The average molecular weight is 352 g/mol. The Kier molecular flexibility index (Phi) is 10.1. The minimum absolute atomic E-state index is 0.141. The summed E-state index contributed by atoms with van der Waals surface area (Å²) in [4.78, 5) is 16.8. The predicted octanol–water partition coefficient (Wildman–Crippen LogP) is 3.81. The second-order valence-corrected chi connectivity index (χ2v) is 6.01. The van der Waals surface area contributed by atoms with Gasteiger partial charge in [-0.3, -0.25) is 4.79 Å². The van der Waals surface area contributed by atoms with Crippen molar-refractivity contribution in [1.82, 2.24) is 4.98 Å². The van der Waals surface area contributed by atoms with Crippen molar-refractivity contribution in [3.8, 4) is 5.88 Å². The van der Waals surface area contributed by atoms with Crippen molar-refractivity contribution in [1.29, 1.82) is 0 Å². The summed E-state index contributed by atoms with van der Waals surface area (Å²) >= 11 is 0. The van der Waals surface area contributed by atoms with E-state index >= 15 is 0 Å². The number of anilines is 1. The van der Waals surface area contributed by atoms with E-state index in [-0.39, 0.29) is 5.91 Å². The van der Waals surface area contributed by atoms with Crippen LogP contribution in [-0.2, 0) is 14.3 Å². The van der Waals surface area contributed by atoms with E-state index in [0.29, 0.717) is 44.4 Å². The molecule has 1 aromatic heterocycles. The van der Waals surface area contributed by atoms with E-state index in [2.05, 4.69) is 17.2 Å². The summed E-state index contributed by atoms with van der Waals surface area (Å²) in [5, 5.41) is 2.89. The van der Waals surface area contributed by atoms with Gasteiger partial charge < -0.3 is 19.5 Å². The molecule has 0 fully saturated rings. The van der Waals surface area contributed by atoms with Gasteiger partial charge in [0.05, 0.1) is 18.5 Å². The second kappa shape index (κ2) is 11.8. The summed E-state index contributed by atoms with van der Waals surface area (Å²) in [6.07, 6.45) is 5.45. The van der Waals surface area contributed by atoms with Crippen LogP contribution in [0, 0.1) is 0 Å². The van der Waals surface area contributed by atoms with Crippen molar-refractivity contribution in [3.05, 3.63) is 18.3 Å². The first-order valence-corrected chi connectivity index (χ1v) is 9.17. The molecule has 1 N–H and O–H groups in total. The van der Waals surface area contributed by atoms with Crippen molar-refractivity contribution < 1.29 is 19.0 Å². The molecule has 1 atom stereocenters. The molecule has 0 aliphatic rings. The van der Waals surface area contributed by atoms with Crippen molar-refractivity contribution in [3.63, 3.8) is 0 Å². The quantitative estimate of drug-likeness (QED) is 0.547. The lowest BCUT2D eigenvalue weighted by Crippen LogP contribution is -2.42. The van der Waals surface area contributed by atoms with Gasteiger partial charge in [-0.2, -0.15) is 0 Å². The molecule has 0 aliphatic heterocycles. The Hall–Kier alpha value is -1.66. The highest BCUT2D eigenvalue weighted by molar-refractivity contribution is 5.96. The fraction of sp³-hybridized carbons (Fsp3) is 0.684. The molecule has 0 aliphatic carbocycles. The lowest BCUT2D eigenvalue weighted by Gasteiger charge is -2.28. The fourth-order valence-corrected chi connectivity index (χ4v) is 2.43.